The minimum Gasteiger partial charge on any atom is -0.491 e. The first-order chi connectivity index (χ1) is 17.1. The van der Waals surface area contributed by atoms with Crippen molar-refractivity contribution in [2.24, 2.45) is 10.9 Å². The van der Waals surface area contributed by atoms with Gasteiger partial charge in [-0.1, -0.05) is 49.4 Å². The maximum Gasteiger partial charge on any atom is 0.124 e. The second-order valence-corrected chi connectivity index (χ2v) is 9.16. The van der Waals surface area contributed by atoms with E-state index in [9.17, 15) is 0 Å². The van der Waals surface area contributed by atoms with E-state index >= 15 is 0 Å². The van der Waals surface area contributed by atoms with Gasteiger partial charge in [0.25, 0.3) is 0 Å². The number of anilines is 1. The molecule has 2 N–H and O–H groups in total. The van der Waals surface area contributed by atoms with Crippen LogP contribution >= 0.6 is 0 Å². The minimum atomic E-state index is 0.306. The number of pyridine rings is 1. The summed E-state index contributed by atoms with van der Waals surface area (Å²) < 4.78 is 6.21. The molecule has 5 nitrogen and oxygen atoms in total. The highest BCUT2D eigenvalue weighted by atomic mass is 16.5. The summed E-state index contributed by atoms with van der Waals surface area (Å²) in [5, 5.41) is 0. The molecule has 3 heterocycles. The van der Waals surface area contributed by atoms with Crippen LogP contribution in [0.1, 0.15) is 31.4 Å². The second kappa shape index (κ2) is 10.2. The standard InChI is InChI=1S/C30H32N4O/c1-3-23-13-14-32-21(2)27(17-22-7-5-4-6-8-22)30(23)34-15-16-35-28-11-9-24(18-26(28)20-34)25-10-12-29(31)33-19-25/h4-14,18-19,23H,3,15-17,20H2,1-2H3,(H2,31,33). The zero-order valence-electron chi connectivity index (χ0n) is 20.4. The van der Waals surface area contributed by atoms with Crippen molar-refractivity contribution in [2.45, 2.75) is 33.2 Å². The van der Waals surface area contributed by atoms with E-state index in [1.54, 1.807) is 0 Å². The molecule has 2 aromatic carbocycles. The molecule has 5 rings (SSSR count). The van der Waals surface area contributed by atoms with Crippen LogP contribution in [0.4, 0.5) is 5.82 Å². The fourth-order valence-electron chi connectivity index (χ4n) is 4.97. The number of nitrogens with zero attached hydrogens (tertiary/aromatic N) is 3. The highest BCUT2D eigenvalue weighted by molar-refractivity contribution is 6.00. The number of benzene rings is 2. The second-order valence-electron chi connectivity index (χ2n) is 9.16. The summed E-state index contributed by atoms with van der Waals surface area (Å²) in [7, 11) is 0. The lowest BCUT2D eigenvalue weighted by molar-refractivity contribution is 0.249. The Kier molecular flexibility index (Phi) is 6.66. The third kappa shape index (κ3) is 4.99. The van der Waals surface area contributed by atoms with Gasteiger partial charge in [0.2, 0.25) is 0 Å². The maximum atomic E-state index is 6.21. The molecule has 5 heteroatoms. The Morgan fingerprint density at radius 3 is 2.66 bits per heavy atom. The number of aromatic nitrogens is 1. The Balaban J connectivity index is 1.55. The molecule has 0 bridgehead atoms. The van der Waals surface area contributed by atoms with Crippen molar-refractivity contribution in [3.05, 3.63) is 102 Å². The summed E-state index contributed by atoms with van der Waals surface area (Å²) in [6.45, 7) is 6.66. The number of hydrogen-bond donors (Lipinski definition) is 1. The quantitative estimate of drug-likeness (QED) is 0.500. The smallest absolute Gasteiger partial charge is 0.124 e. The van der Waals surface area contributed by atoms with Gasteiger partial charge in [0, 0.05) is 53.8 Å². The highest BCUT2D eigenvalue weighted by Gasteiger charge is 2.27. The van der Waals surface area contributed by atoms with Crippen LogP contribution in [-0.4, -0.2) is 28.7 Å². The Labute approximate surface area is 207 Å². The lowest BCUT2D eigenvalue weighted by Gasteiger charge is -2.32. The molecule has 178 valence electrons. The Morgan fingerprint density at radius 2 is 1.89 bits per heavy atom. The molecule has 1 unspecified atom stereocenters. The van der Waals surface area contributed by atoms with Crippen molar-refractivity contribution < 1.29 is 4.74 Å². The first kappa shape index (κ1) is 22.9. The van der Waals surface area contributed by atoms with E-state index in [1.165, 1.54) is 22.4 Å². The van der Waals surface area contributed by atoms with E-state index in [0.29, 0.717) is 18.3 Å². The average Bonchev–Trinajstić information content (AvgIpc) is 3.18. The molecule has 0 saturated carbocycles. The summed E-state index contributed by atoms with van der Waals surface area (Å²) in [5.74, 6) is 1.79. The van der Waals surface area contributed by atoms with E-state index in [-0.39, 0.29) is 0 Å². The molecule has 0 aliphatic carbocycles. The van der Waals surface area contributed by atoms with Crippen LogP contribution in [0.5, 0.6) is 5.75 Å². The molecular weight excluding hydrogens is 432 g/mol. The van der Waals surface area contributed by atoms with Gasteiger partial charge in [-0.15, -0.1) is 0 Å². The third-order valence-corrected chi connectivity index (χ3v) is 6.85. The van der Waals surface area contributed by atoms with Gasteiger partial charge < -0.3 is 15.4 Å². The summed E-state index contributed by atoms with van der Waals surface area (Å²) in [6.07, 6.45) is 7.95. The van der Waals surface area contributed by atoms with E-state index in [4.69, 9.17) is 15.5 Å². The monoisotopic (exact) mass is 464 g/mol. The van der Waals surface area contributed by atoms with E-state index in [1.807, 2.05) is 24.5 Å². The van der Waals surface area contributed by atoms with E-state index in [0.717, 1.165) is 48.5 Å². The molecule has 0 fully saturated rings. The van der Waals surface area contributed by atoms with E-state index in [2.05, 4.69) is 78.3 Å². The van der Waals surface area contributed by atoms with Gasteiger partial charge in [0.05, 0.1) is 6.54 Å². The van der Waals surface area contributed by atoms with Crippen molar-refractivity contribution >= 4 is 11.5 Å². The average molecular weight is 465 g/mol. The van der Waals surface area contributed by atoms with Gasteiger partial charge in [-0.3, -0.25) is 4.99 Å². The number of aliphatic imine (C=N–C) groups is 1. The summed E-state index contributed by atoms with van der Waals surface area (Å²) in [5.41, 5.74) is 14.2. The van der Waals surface area contributed by atoms with Crippen molar-refractivity contribution in [1.29, 1.82) is 0 Å². The number of nitrogen functional groups attached to an aromatic ring is 1. The predicted octanol–water partition coefficient (Wildman–Crippen LogP) is 6.04. The molecule has 2 aliphatic rings. The number of rotatable bonds is 5. The van der Waals surface area contributed by atoms with Gasteiger partial charge in [0.15, 0.2) is 0 Å². The fourth-order valence-corrected chi connectivity index (χ4v) is 4.97. The molecule has 35 heavy (non-hydrogen) atoms. The van der Waals surface area contributed by atoms with Crippen molar-refractivity contribution in [1.82, 2.24) is 9.88 Å². The largest absolute Gasteiger partial charge is 0.491 e. The van der Waals surface area contributed by atoms with Crippen molar-refractivity contribution in [3.8, 4) is 16.9 Å². The molecule has 0 saturated heterocycles. The Hall–Kier alpha value is -3.86. The summed E-state index contributed by atoms with van der Waals surface area (Å²) in [6, 6.07) is 21.0. The summed E-state index contributed by atoms with van der Waals surface area (Å²) in [4.78, 5) is 11.6. The van der Waals surface area contributed by atoms with Crippen LogP contribution < -0.4 is 10.5 Å². The molecule has 1 aromatic heterocycles. The maximum absolute atomic E-state index is 6.21. The molecular formula is C30H32N4O. The molecule has 0 spiro atoms. The van der Waals surface area contributed by atoms with Gasteiger partial charge in [0.1, 0.15) is 18.2 Å². The summed E-state index contributed by atoms with van der Waals surface area (Å²) >= 11 is 0. The van der Waals surface area contributed by atoms with Crippen LogP contribution in [0.25, 0.3) is 11.1 Å². The highest BCUT2D eigenvalue weighted by Crippen LogP contribution is 2.35. The fraction of sp³-hybridized carbons (Fsp3) is 0.267. The van der Waals surface area contributed by atoms with Crippen LogP contribution in [0.2, 0.25) is 0 Å². The molecule has 2 aliphatic heterocycles. The van der Waals surface area contributed by atoms with E-state index < -0.39 is 0 Å². The van der Waals surface area contributed by atoms with Gasteiger partial charge >= 0.3 is 0 Å². The van der Waals surface area contributed by atoms with Crippen molar-refractivity contribution in [3.63, 3.8) is 0 Å². The number of fused-ring (bicyclic) bond motifs is 1. The van der Waals surface area contributed by atoms with Crippen LogP contribution in [0, 0.1) is 5.92 Å². The topological polar surface area (TPSA) is 63.7 Å². The third-order valence-electron chi connectivity index (χ3n) is 6.85. The lowest BCUT2D eigenvalue weighted by Crippen LogP contribution is -2.31. The molecule has 3 aromatic rings. The van der Waals surface area contributed by atoms with Crippen LogP contribution in [0.3, 0.4) is 0 Å². The lowest BCUT2D eigenvalue weighted by atomic mass is 9.91. The van der Waals surface area contributed by atoms with Gasteiger partial charge in [-0.2, -0.15) is 0 Å². The van der Waals surface area contributed by atoms with Crippen LogP contribution in [0.15, 0.2) is 95.4 Å². The zero-order valence-corrected chi connectivity index (χ0v) is 20.4. The SMILES string of the molecule is CCC1C=CN=C(C)C(Cc2ccccc2)=C1N1CCOc2ccc(-c3ccc(N)nc3)cc2C1. The Morgan fingerprint density at radius 1 is 1.06 bits per heavy atom. The zero-order chi connectivity index (χ0) is 24.2. The molecule has 0 amide bonds. The number of hydrogen-bond acceptors (Lipinski definition) is 5. The van der Waals surface area contributed by atoms with Gasteiger partial charge in [-0.25, -0.2) is 4.98 Å². The predicted molar refractivity (Wildman–Crippen MR) is 143 cm³/mol. The number of ether oxygens (including phenoxy) is 1. The minimum absolute atomic E-state index is 0.306. The number of nitrogens with two attached hydrogens (primary N) is 1. The Bertz CT molecular complexity index is 1280. The first-order valence-electron chi connectivity index (χ1n) is 12.3. The molecule has 0 radical (unpaired) electrons. The molecule has 1 atom stereocenters. The number of allylic oxidation sites excluding steroid dienone is 2. The normalized spacial score (nSPS) is 17.8. The van der Waals surface area contributed by atoms with Crippen LogP contribution in [-0.2, 0) is 13.0 Å². The first-order valence-corrected chi connectivity index (χ1v) is 12.3. The van der Waals surface area contributed by atoms with Crippen molar-refractivity contribution in [2.75, 3.05) is 18.9 Å². The van der Waals surface area contributed by atoms with Gasteiger partial charge in [-0.05, 0) is 54.3 Å².